The minimum atomic E-state index is -4.61. The molecule has 5 nitrogen and oxygen atoms in total. The molecule has 20 heavy (non-hydrogen) atoms. The number of nitrogens with zero attached hydrogens (tertiary/aromatic N) is 1. The van der Waals surface area contributed by atoms with Crippen LogP contribution in [0.2, 0.25) is 0 Å². The highest BCUT2D eigenvalue weighted by Crippen LogP contribution is 2.33. The number of hydrogen-bond donors (Lipinski definition) is 1. The topological polar surface area (TPSA) is 64.8 Å². The zero-order chi connectivity index (χ0) is 14.9. The third kappa shape index (κ3) is 2.70. The van der Waals surface area contributed by atoms with Crippen LogP contribution in [-0.4, -0.2) is 31.8 Å². The molecule has 2 N–H and O–H groups in total. The van der Waals surface area contributed by atoms with E-state index in [1.807, 2.05) is 0 Å². The van der Waals surface area contributed by atoms with Gasteiger partial charge in [-0.1, -0.05) is 0 Å². The molecule has 0 bridgehead atoms. The van der Waals surface area contributed by atoms with E-state index < -0.39 is 24.4 Å². The summed E-state index contributed by atoms with van der Waals surface area (Å²) < 4.78 is 58.0. The molecule has 9 heteroatoms. The van der Waals surface area contributed by atoms with Crippen molar-refractivity contribution in [1.29, 1.82) is 0 Å². The Balaban J connectivity index is 2.20. The van der Waals surface area contributed by atoms with Crippen LogP contribution in [0, 0.1) is 0 Å². The van der Waals surface area contributed by atoms with Crippen molar-refractivity contribution in [3.63, 3.8) is 0 Å². The number of benzene rings is 1. The van der Waals surface area contributed by atoms with Gasteiger partial charge in [0.15, 0.2) is 0 Å². The highest BCUT2D eigenvalue weighted by molar-refractivity contribution is 5.93. The Bertz CT molecular complexity index is 524. The number of amides is 1. The largest absolute Gasteiger partial charge is 0.461 e. The van der Waals surface area contributed by atoms with Crippen LogP contribution in [0.25, 0.3) is 0 Å². The first-order chi connectivity index (χ1) is 9.31. The minimum absolute atomic E-state index is 0.0635. The maximum atomic E-state index is 12.7. The molecule has 0 unspecified atom stereocenters. The van der Waals surface area contributed by atoms with Gasteiger partial charge in [0.1, 0.15) is 12.4 Å². The number of halogens is 4. The monoisotopic (exact) mass is 294 g/mol. The number of nitrogens with two attached hydrogens (primary N) is 1. The van der Waals surface area contributed by atoms with E-state index in [0.29, 0.717) is 0 Å². The van der Waals surface area contributed by atoms with E-state index in [1.54, 1.807) is 0 Å². The number of alkyl halides is 4. The molecule has 1 aliphatic rings. The van der Waals surface area contributed by atoms with Crippen LogP contribution >= 0.6 is 0 Å². The number of anilines is 2. The molecule has 0 spiro atoms. The molecule has 0 aromatic heterocycles. The third-order valence-electron chi connectivity index (χ3n) is 2.56. The molecule has 1 fully saturated rings. The molecule has 1 heterocycles. The molecular formula is C11H10F4N2O3. The molecule has 0 atom stereocenters. The van der Waals surface area contributed by atoms with Gasteiger partial charge in [0, 0.05) is 6.07 Å². The second kappa shape index (κ2) is 5.06. The second-order valence-corrected chi connectivity index (χ2v) is 3.95. The van der Waals surface area contributed by atoms with E-state index in [2.05, 4.69) is 4.74 Å². The van der Waals surface area contributed by atoms with Crippen molar-refractivity contribution in [3.05, 3.63) is 18.2 Å². The summed E-state index contributed by atoms with van der Waals surface area (Å²) in [5, 5.41) is 0. The molecular weight excluding hydrogens is 284 g/mol. The summed E-state index contributed by atoms with van der Waals surface area (Å²) in [6.45, 7) is 0.441. The Morgan fingerprint density at radius 2 is 2.10 bits per heavy atom. The SMILES string of the molecule is Nc1cc(OC(F)(F)C(F)F)ccc1N1CCOC1=O. The lowest BCUT2D eigenvalue weighted by Gasteiger charge is -2.19. The molecule has 1 saturated heterocycles. The standard InChI is InChI=1S/C11H10F4N2O3/c12-9(13)11(14,15)20-6-1-2-8(7(16)5-6)17-3-4-19-10(17)18/h1-2,5,9H,3-4,16H2. The summed E-state index contributed by atoms with van der Waals surface area (Å²) >= 11 is 0. The number of nitrogen functional groups attached to an aromatic ring is 1. The van der Waals surface area contributed by atoms with Gasteiger partial charge in [-0.25, -0.2) is 4.79 Å². The van der Waals surface area contributed by atoms with Gasteiger partial charge in [0.2, 0.25) is 0 Å². The van der Waals surface area contributed by atoms with Crippen LogP contribution in [0.5, 0.6) is 5.75 Å². The van der Waals surface area contributed by atoms with Crippen molar-refractivity contribution in [2.75, 3.05) is 23.8 Å². The summed E-state index contributed by atoms with van der Waals surface area (Å²) in [6.07, 6.45) is -9.19. The predicted molar refractivity (Wildman–Crippen MR) is 61.1 cm³/mol. The summed E-state index contributed by atoms with van der Waals surface area (Å²) in [5.74, 6) is -0.524. The molecule has 2 rings (SSSR count). The molecule has 1 aromatic rings. The van der Waals surface area contributed by atoms with Gasteiger partial charge in [-0.15, -0.1) is 0 Å². The average molecular weight is 294 g/mol. The van der Waals surface area contributed by atoms with E-state index in [-0.39, 0.29) is 24.5 Å². The van der Waals surface area contributed by atoms with Crippen molar-refractivity contribution in [3.8, 4) is 5.75 Å². The van der Waals surface area contributed by atoms with Crippen molar-refractivity contribution in [1.82, 2.24) is 0 Å². The lowest BCUT2D eigenvalue weighted by molar-refractivity contribution is -0.253. The van der Waals surface area contributed by atoms with Gasteiger partial charge < -0.3 is 15.2 Å². The van der Waals surface area contributed by atoms with E-state index in [1.165, 1.54) is 11.0 Å². The van der Waals surface area contributed by atoms with Crippen LogP contribution in [-0.2, 0) is 4.74 Å². The molecule has 110 valence electrons. The highest BCUT2D eigenvalue weighted by atomic mass is 19.3. The lowest BCUT2D eigenvalue weighted by atomic mass is 10.2. The molecule has 1 aromatic carbocycles. The highest BCUT2D eigenvalue weighted by Gasteiger charge is 2.44. The van der Waals surface area contributed by atoms with Crippen LogP contribution in [0.1, 0.15) is 0 Å². The molecule has 0 saturated carbocycles. The molecule has 1 amide bonds. The fourth-order valence-electron chi connectivity index (χ4n) is 1.66. The fraction of sp³-hybridized carbons (Fsp3) is 0.364. The van der Waals surface area contributed by atoms with Gasteiger partial charge in [0.25, 0.3) is 0 Å². The van der Waals surface area contributed by atoms with E-state index in [4.69, 9.17) is 10.5 Å². The van der Waals surface area contributed by atoms with Gasteiger partial charge in [0.05, 0.1) is 17.9 Å². The van der Waals surface area contributed by atoms with Crippen LogP contribution in [0.4, 0.5) is 33.7 Å². The Kier molecular flexibility index (Phi) is 3.60. The summed E-state index contributed by atoms with van der Waals surface area (Å²) in [6, 6.07) is 3.18. The first kappa shape index (κ1) is 14.2. The Morgan fingerprint density at radius 1 is 1.40 bits per heavy atom. The molecule has 0 aliphatic carbocycles. The molecule has 0 radical (unpaired) electrons. The zero-order valence-electron chi connectivity index (χ0n) is 9.98. The Morgan fingerprint density at radius 3 is 2.60 bits per heavy atom. The summed E-state index contributed by atoms with van der Waals surface area (Å²) in [4.78, 5) is 12.5. The normalized spacial score (nSPS) is 15.7. The average Bonchev–Trinajstić information content (AvgIpc) is 2.75. The summed E-state index contributed by atoms with van der Waals surface area (Å²) in [5.41, 5.74) is 5.77. The Labute approximate surface area is 110 Å². The predicted octanol–water partition coefficient (Wildman–Crippen LogP) is 2.46. The Hall–Kier alpha value is -2.19. The van der Waals surface area contributed by atoms with Crippen molar-refractivity contribution >= 4 is 17.5 Å². The van der Waals surface area contributed by atoms with Crippen LogP contribution in [0.15, 0.2) is 18.2 Å². The van der Waals surface area contributed by atoms with Crippen molar-refractivity contribution in [2.45, 2.75) is 12.5 Å². The zero-order valence-corrected chi connectivity index (χ0v) is 9.98. The van der Waals surface area contributed by atoms with E-state index in [0.717, 1.165) is 12.1 Å². The van der Waals surface area contributed by atoms with Gasteiger partial charge >= 0.3 is 18.6 Å². The van der Waals surface area contributed by atoms with Gasteiger partial charge in [-0.2, -0.15) is 17.6 Å². The smallest absolute Gasteiger partial charge is 0.447 e. The maximum absolute atomic E-state index is 12.7. The number of rotatable bonds is 4. The first-order valence-electron chi connectivity index (χ1n) is 5.50. The van der Waals surface area contributed by atoms with Gasteiger partial charge in [-0.3, -0.25) is 4.90 Å². The van der Waals surface area contributed by atoms with E-state index in [9.17, 15) is 22.4 Å². The van der Waals surface area contributed by atoms with E-state index >= 15 is 0 Å². The quantitative estimate of drug-likeness (QED) is 0.684. The number of carbonyl (C=O) groups is 1. The number of cyclic esters (lactones) is 1. The fourth-order valence-corrected chi connectivity index (χ4v) is 1.66. The maximum Gasteiger partial charge on any atom is 0.461 e. The van der Waals surface area contributed by atoms with Crippen LogP contribution < -0.4 is 15.4 Å². The third-order valence-corrected chi connectivity index (χ3v) is 2.56. The number of carbonyl (C=O) groups excluding carboxylic acids is 1. The second-order valence-electron chi connectivity index (χ2n) is 3.95. The molecule has 1 aliphatic heterocycles. The minimum Gasteiger partial charge on any atom is -0.447 e. The van der Waals surface area contributed by atoms with Crippen molar-refractivity contribution in [2.24, 2.45) is 0 Å². The van der Waals surface area contributed by atoms with Gasteiger partial charge in [-0.05, 0) is 12.1 Å². The number of ether oxygens (including phenoxy) is 2. The first-order valence-corrected chi connectivity index (χ1v) is 5.50. The summed E-state index contributed by atoms with van der Waals surface area (Å²) in [7, 11) is 0. The van der Waals surface area contributed by atoms with Crippen molar-refractivity contribution < 1.29 is 31.8 Å². The van der Waals surface area contributed by atoms with Crippen LogP contribution in [0.3, 0.4) is 0 Å². The lowest BCUT2D eigenvalue weighted by Crippen LogP contribution is -2.33. The number of hydrogen-bond acceptors (Lipinski definition) is 4.